The van der Waals surface area contributed by atoms with Crippen LogP contribution in [0.25, 0.3) is 0 Å². The minimum atomic E-state index is -3.80. The summed E-state index contributed by atoms with van der Waals surface area (Å²) in [6.45, 7) is 3.16. The van der Waals surface area contributed by atoms with Gasteiger partial charge in [-0.1, -0.05) is 0 Å². The number of ether oxygens (including phenoxy) is 1. The number of hydrogen-bond acceptors (Lipinski definition) is 4. The molecule has 1 unspecified atom stereocenters. The summed E-state index contributed by atoms with van der Waals surface area (Å²) in [7, 11) is -2.19. The van der Waals surface area contributed by atoms with E-state index in [1.807, 2.05) is 6.92 Å². The van der Waals surface area contributed by atoms with E-state index >= 15 is 0 Å². The van der Waals surface area contributed by atoms with Crippen LogP contribution in [0, 0.1) is 0 Å². The summed E-state index contributed by atoms with van der Waals surface area (Å²) in [5, 5.41) is 3.01. The molecule has 0 aromatic rings. The van der Waals surface area contributed by atoms with Crippen molar-refractivity contribution in [2.24, 2.45) is 0 Å². The van der Waals surface area contributed by atoms with E-state index in [1.54, 1.807) is 7.11 Å². The molecule has 0 aromatic heterocycles. The second-order valence-electron chi connectivity index (χ2n) is 2.89. The molecular formula is C7H17NO4S. The SMILES string of the molecule is COC(C)CNCCCS(=O)(=O)O. The van der Waals surface area contributed by atoms with Crippen LogP contribution < -0.4 is 5.32 Å². The zero-order valence-corrected chi connectivity index (χ0v) is 8.80. The molecule has 0 rings (SSSR count). The van der Waals surface area contributed by atoms with Crippen LogP contribution in [0.4, 0.5) is 0 Å². The van der Waals surface area contributed by atoms with Crippen molar-refractivity contribution < 1.29 is 17.7 Å². The molecule has 0 heterocycles. The first-order valence-electron chi connectivity index (χ1n) is 4.14. The number of methoxy groups -OCH3 is 1. The van der Waals surface area contributed by atoms with E-state index in [9.17, 15) is 8.42 Å². The van der Waals surface area contributed by atoms with Crippen molar-refractivity contribution in [3.63, 3.8) is 0 Å². The van der Waals surface area contributed by atoms with Crippen LogP contribution in [-0.2, 0) is 14.9 Å². The Morgan fingerprint density at radius 2 is 2.15 bits per heavy atom. The molecule has 5 nitrogen and oxygen atoms in total. The van der Waals surface area contributed by atoms with Crippen LogP contribution in [0.1, 0.15) is 13.3 Å². The van der Waals surface area contributed by atoms with Gasteiger partial charge in [-0.05, 0) is 19.9 Å². The third-order valence-corrected chi connectivity index (χ3v) is 2.39. The fraction of sp³-hybridized carbons (Fsp3) is 1.00. The van der Waals surface area contributed by atoms with E-state index in [4.69, 9.17) is 9.29 Å². The van der Waals surface area contributed by atoms with Crippen LogP contribution in [0.2, 0.25) is 0 Å². The van der Waals surface area contributed by atoms with E-state index in [-0.39, 0.29) is 11.9 Å². The zero-order valence-electron chi connectivity index (χ0n) is 7.99. The predicted molar refractivity (Wildman–Crippen MR) is 50.4 cm³/mol. The van der Waals surface area contributed by atoms with Gasteiger partial charge in [0.2, 0.25) is 0 Å². The fourth-order valence-electron chi connectivity index (χ4n) is 0.768. The number of hydrogen-bond donors (Lipinski definition) is 2. The Kier molecular flexibility index (Phi) is 6.23. The van der Waals surface area contributed by atoms with Gasteiger partial charge in [0.15, 0.2) is 0 Å². The maximum Gasteiger partial charge on any atom is 0.264 e. The molecule has 0 fully saturated rings. The average Bonchev–Trinajstić information content (AvgIpc) is 2.01. The van der Waals surface area contributed by atoms with Gasteiger partial charge in [0.1, 0.15) is 0 Å². The van der Waals surface area contributed by atoms with Crippen molar-refractivity contribution in [2.75, 3.05) is 26.0 Å². The van der Waals surface area contributed by atoms with E-state index in [2.05, 4.69) is 5.32 Å². The summed E-state index contributed by atoms with van der Waals surface area (Å²) < 4.78 is 33.9. The van der Waals surface area contributed by atoms with Crippen molar-refractivity contribution in [2.45, 2.75) is 19.4 Å². The summed E-state index contributed by atoms with van der Waals surface area (Å²) >= 11 is 0. The van der Waals surface area contributed by atoms with E-state index in [0.717, 1.165) is 0 Å². The molecule has 0 bridgehead atoms. The van der Waals surface area contributed by atoms with E-state index in [1.165, 1.54) is 0 Å². The fourth-order valence-corrected chi connectivity index (χ4v) is 1.28. The summed E-state index contributed by atoms with van der Waals surface area (Å²) in [4.78, 5) is 0. The Morgan fingerprint density at radius 3 is 2.62 bits per heavy atom. The van der Waals surface area contributed by atoms with Crippen molar-refractivity contribution in [3.05, 3.63) is 0 Å². The van der Waals surface area contributed by atoms with Gasteiger partial charge in [0.05, 0.1) is 11.9 Å². The molecule has 0 aliphatic carbocycles. The Labute approximate surface area is 79.2 Å². The van der Waals surface area contributed by atoms with Crippen LogP contribution >= 0.6 is 0 Å². The van der Waals surface area contributed by atoms with E-state index < -0.39 is 10.1 Å². The normalized spacial score (nSPS) is 14.4. The first-order chi connectivity index (χ1) is 5.95. The molecule has 13 heavy (non-hydrogen) atoms. The van der Waals surface area contributed by atoms with Crippen LogP contribution in [-0.4, -0.2) is 45.0 Å². The predicted octanol–water partition coefficient (Wildman–Crippen LogP) is -0.111. The Balaban J connectivity index is 3.27. The lowest BCUT2D eigenvalue weighted by Crippen LogP contribution is -2.27. The molecule has 80 valence electrons. The Bertz CT molecular complexity index is 215. The molecule has 0 saturated carbocycles. The highest BCUT2D eigenvalue weighted by Gasteiger charge is 2.03. The number of nitrogens with one attached hydrogen (secondary N) is 1. The van der Waals surface area contributed by atoms with Gasteiger partial charge in [-0.3, -0.25) is 4.55 Å². The lowest BCUT2D eigenvalue weighted by atomic mass is 10.4. The van der Waals surface area contributed by atoms with Crippen molar-refractivity contribution in [3.8, 4) is 0 Å². The minimum absolute atomic E-state index is 0.116. The standard InChI is InChI=1S/C7H17NO4S/c1-7(12-2)6-8-4-3-5-13(9,10)11/h7-8H,3-6H2,1-2H3,(H,9,10,11). The van der Waals surface area contributed by atoms with E-state index in [0.29, 0.717) is 19.5 Å². The second-order valence-corrected chi connectivity index (χ2v) is 4.46. The average molecular weight is 211 g/mol. The maximum absolute atomic E-state index is 10.3. The molecule has 0 amide bonds. The highest BCUT2D eigenvalue weighted by molar-refractivity contribution is 7.85. The Morgan fingerprint density at radius 1 is 1.54 bits per heavy atom. The summed E-state index contributed by atoms with van der Waals surface area (Å²) in [5.41, 5.74) is 0. The largest absolute Gasteiger partial charge is 0.380 e. The van der Waals surface area contributed by atoms with Gasteiger partial charge < -0.3 is 10.1 Å². The molecule has 0 aromatic carbocycles. The topological polar surface area (TPSA) is 75.6 Å². The molecule has 2 N–H and O–H groups in total. The first-order valence-corrected chi connectivity index (χ1v) is 5.75. The van der Waals surface area contributed by atoms with Gasteiger partial charge in [-0.2, -0.15) is 8.42 Å². The quantitative estimate of drug-likeness (QED) is 0.454. The summed E-state index contributed by atoms with van der Waals surface area (Å²) in [6.07, 6.45) is 0.528. The van der Waals surface area contributed by atoms with Gasteiger partial charge in [-0.15, -0.1) is 0 Å². The smallest absolute Gasteiger partial charge is 0.264 e. The molecule has 0 radical (unpaired) electrons. The molecule has 1 atom stereocenters. The van der Waals surface area contributed by atoms with Crippen molar-refractivity contribution in [1.82, 2.24) is 5.32 Å². The zero-order chi connectivity index (χ0) is 10.3. The van der Waals surface area contributed by atoms with Crippen LogP contribution in [0.5, 0.6) is 0 Å². The lowest BCUT2D eigenvalue weighted by Gasteiger charge is -2.09. The lowest BCUT2D eigenvalue weighted by molar-refractivity contribution is 0.117. The van der Waals surface area contributed by atoms with Gasteiger partial charge >= 0.3 is 0 Å². The molecule has 0 aliphatic heterocycles. The molecule has 0 aliphatic rings. The van der Waals surface area contributed by atoms with Crippen molar-refractivity contribution >= 4 is 10.1 Å². The highest BCUT2D eigenvalue weighted by atomic mass is 32.2. The molecule has 0 saturated heterocycles. The van der Waals surface area contributed by atoms with Gasteiger partial charge in [-0.25, -0.2) is 0 Å². The third kappa shape index (κ3) is 9.75. The molecule has 6 heteroatoms. The highest BCUT2D eigenvalue weighted by Crippen LogP contribution is 1.88. The first kappa shape index (κ1) is 12.8. The van der Waals surface area contributed by atoms with Crippen molar-refractivity contribution in [1.29, 1.82) is 0 Å². The molecule has 0 spiro atoms. The summed E-state index contributed by atoms with van der Waals surface area (Å²) in [5.74, 6) is -0.193. The third-order valence-electron chi connectivity index (χ3n) is 1.59. The van der Waals surface area contributed by atoms with Crippen LogP contribution in [0.15, 0.2) is 0 Å². The van der Waals surface area contributed by atoms with Gasteiger partial charge in [0, 0.05) is 13.7 Å². The van der Waals surface area contributed by atoms with Gasteiger partial charge in [0.25, 0.3) is 10.1 Å². The summed E-state index contributed by atoms with van der Waals surface area (Å²) in [6, 6.07) is 0. The minimum Gasteiger partial charge on any atom is -0.380 e. The van der Waals surface area contributed by atoms with Crippen LogP contribution in [0.3, 0.4) is 0 Å². The number of rotatable bonds is 7. The Hall–Kier alpha value is -0.170. The molecular weight excluding hydrogens is 194 g/mol. The maximum atomic E-state index is 10.3. The second kappa shape index (κ2) is 6.31. The monoisotopic (exact) mass is 211 g/mol.